The molecule has 1 heterocycles. The first-order chi connectivity index (χ1) is 8.79. The van der Waals surface area contributed by atoms with Crippen LogP contribution in [0.2, 0.25) is 0 Å². The SMILES string of the molecule is CC1CCCC1Cn1c(CCl)nc2ccccc21. The Labute approximate surface area is 113 Å². The third-order valence-electron chi connectivity index (χ3n) is 4.31. The smallest absolute Gasteiger partial charge is 0.124 e. The third kappa shape index (κ3) is 2.03. The molecular weight excluding hydrogens is 244 g/mol. The topological polar surface area (TPSA) is 17.8 Å². The molecule has 2 nitrogen and oxygen atoms in total. The third-order valence-corrected chi connectivity index (χ3v) is 4.55. The maximum absolute atomic E-state index is 6.04. The van der Waals surface area contributed by atoms with Crippen molar-refractivity contribution in [1.82, 2.24) is 9.55 Å². The number of imidazole rings is 1. The summed E-state index contributed by atoms with van der Waals surface area (Å²) in [5.74, 6) is 3.12. The summed E-state index contributed by atoms with van der Waals surface area (Å²) >= 11 is 6.04. The number of hydrogen-bond donors (Lipinski definition) is 0. The molecule has 0 aliphatic heterocycles. The summed E-state index contributed by atoms with van der Waals surface area (Å²) in [6.07, 6.45) is 4.08. The largest absolute Gasteiger partial charge is 0.327 e. The van der Waals surface area contributed by atoms with Crippen LogP contribution in [0.5, 0.6) is 0 Å². The molecule has 96 valence electrons. The van der Waals surface area contributed by atoms with Gasteiger partial charge in [0.25, 0.3) is 0 Å². The molecule has 1 aliphatic rings. The molecule has 3 rings (SSSR count). The van der Waals surface area contributed by atoms with Crippen LogP contribution in [0.15, 0.2) is 24.3 Å². The number of hydrogen-bond acceptors (Lipinski definition) is 1. The van der Waals surface area contributed by atoms with Crippen LogP contribution in [-0.2, 0) is 12.4 Å². The second-order valence-corrected chi connectivity index (χ2v) is 5.70. The number of halogens is 1. The van der Waals surface area contributed by atoms with Gasteiger partial charge in [-0.3, -0.25) is 0 Å². The van der Waals surface area contributed by atoms with Gasteiger partial charge in [-0.05, 0) is 30.4 Å². The molecule has 0 amide bonds. The molecule has 3 heteroatoms. The molecule has 18 heavy (non-hydrogen) atoms. The van der Waals surface area contributed by atoms with Crippen LogP contribution in [-0.4, -0.2) is 9.55 Å². The Morgan fingerprint density at radius 2 is 2.17 bits per heavy atom. The van der Waals surface area contributed by atoms with E-state index in [9.17, 15) is 0 Å². The van der Waals surface area contributed by atoms with Gasteiger partial charge in [0.2, 0.25) is 0 Å². The highest BCUT2D eigenvalue weighted by Gasteiger charge is 2.25. The number of fused-ring (bicyclic) bond motifs is 1. The second kappa shape index (κ2) is 4.93. The number of alkyl halides is 1. The van der Waals surface area contributed by atoms with Crippen LogP contribution >= 0.6 is 11.6 Å². The summed E-state index contributed by atoms with van der Waals surface area (Å²) in [5, 5.41) is 0. The van der Waals surface area contributed by atoms with Crippen LogP contribution in [0.1, 0.15) is 32.0 Å². The van der Waals surface area contributed by atoms with Crippen molar-refractivity contribution in [3.05, 3.63) is 30.1 Å². The molecule has 1 saturated carbocycles. The minimum absolute atomic E-state index is 0.496. The zero-order chi connectivity index (χ0) is 12.5. The van der Waals surface area contributed by atoms with Crippen molar-refractivity contribution in [2.24, 2.45) is 11.8 Å². The van der Waals surface area contributed by atoms with Crippen molar-refractivity contribution in [2.45, 2.75) is 38.6 Å². The maximum Gasteiger partial charge on any atom is 0.124 e. The Bertz CT molecular complexity index is 546. The van der Waals surface area contributed by atoms with Crippen LogP contribution < -0.4 is 0 Å². The summed E-state index contributed by atoms with van der Waals surface area (Å²) in [7, 11) is 0. The number of rotatable bonds is 3. The molecule has 2 unspecified atom stereocenters. The van der Waals surface area contributed by atoms with Crippen molar-refractivity contribution in [3.8, 4) is 0 Å². The Balaban J connectivity index is 1.98. The Morgan fingerprint density at radius 3 is 2.89 bits per heavy atom. The molecule has 1 fully saturated rings. The van der Waals surface area contributed by atoms with Crippen molar-refractivity contribution in [2.75, 3.05) is 0 Å². The summed E-state index contributed by atoms with van der Waals surface area (Å²) in [6, 6.07) is 8.34. The van der Waals surface area contributed by atoms with E-state index < -0.39 is 0 Å². The van der Waals surface area contributed by atoms with Gasteiger partial charge in [0.15, 0.2) is 0 Å². The average Bonchev–Trinajstić information content (AvgIpc) is 2.95. The van der Waals surface area contributed by atoms with E-state index in [1.165, 1.54) is 24.8 Å². The van der Waals surface area contributed by atoms with E-state index in [2.05, 4.69) is 34.7 Å². The highest BCUT2D eigenvalue weighted by molar-refractivity contribution is 6.16. The van der Waals surface area contributed by atoms with E-state index in [1.54, 1.807) is 0 Å². The van der Waals surface area contributed by atoms with E-state index in [-0.39, 0.29) is 0 Å². The second-order valence-electron chi connectivity index (χ2n) is 5.43. The summed E-state index contributed by atoms with van der Waals surface area (Å²) in [5.41, 5.74) is 2.30. The molecule has 0 bridgehead atoms. The molecular formula is C15H19ClN2. The summed E-state index contributed by atoms with van der Waals surface area (Å²) < 4.78 is 2.33. The zero-order valence-corrected chi connectivity index (χ0v) is 11.5. The number of nitrogens with zero attached hydrogens (tertiary/aromatic N) is 2. The first kappa shape index (κ1) is 12.0. The highest BCUT2D eigenvalue weighted by atomic mass is 35.5. The lowest BCUT2D eigenvalue weighted by Crippen LogP contribution is -2.14. The minimum Gasteiger partial charge on any atom is -0.327 e. The van der Waals surface area contributed by atoms with E-state index in [0.29, 0.717) is 5.88 Å². The number of benzene rings is 1. The van der Waals surface area contributed by atoms with Gasteiger partial charge in [0.1, 0.15) is 5.82 Å². The molecule has 0 radical (unpaired) electrons. The summed E-state index contributed by atoms with van der Waals surface area (Å²) in [6.45, 7) is 3.45. The van der Waals surface area contributed by atoms with Gasteiger partial charge in [-0.15, -0.1) is 11.6 Å². The molecule has 2 aromatic rings. The van der Waals surface area contributed by atoms with Gasteiger partial charge in [0, 0.05) is 6.54 Å². The van der Waals surface area contributed by atoms with Crippen molar-refractivity contribution in [1.29, 1.82) is 0 Å². The molecule has 1 aromatic heterocycles. The Kier molecular flexibility index (Phi) is 3.29. The minimum atomic E-state index is 0.496. The summed E-state index contributed by atoms with van der Waals surface area (Å²) in [4.78, 5) is 4.63. The monoisotopic (exact) mass is 262 g/mol. The van der Waals surface area contributed by atoms with Crippen molar-refractivity contribution in [3.63, 3.8) is 0 Å². The van der Waals surface area contributed by atoms with Crippen LogP contribution in [0.3, 0.4) is 0 Å². The van der Waals surface area contributed by atoms with Gasteiger partial charge in [0.05, 0.1) is 16.9 Å². The lowest BCUT2D eigenvalue weighted by atomic mass is 9.98. The average molecular weight is 263 g/mol. The highest BCUT2D eigenvalue weighted by Crippen LogP contribution is 2.33. The van der Waals surface area contributed by atoms with E-state index in [4.69, 9.17) is 11.6 Å². The quantitative estimate of drug-likeness (QED) is 0.758. The van der Waals surface area contributed by atoms with Gasteiger partial charge >= 0.3 is 0 Å². The fourth-order valence-corrected chi connectivity index (χ4v) is 3.36. The van der Waals surface area contributed by atoms with E-state index >= 15 is 0 Å². The van der Waals surface area contributed by atoms with E-state index in [1.807, 2.05) is 6.07 Å². The fourth-order valence-electron chi connectivity index (χ4n) is 3.16. The molecule has 0 saturated heterocycles. The standard InChI is InChI=1S/C15H19ClN2/c1-11-5-4-6-12(11)10-18-14-8-3-2-7-13(14)17-15(18)9-16/h2-3,7-8,11-12H,4-6,9-10H2,1H3. The van der Waals surface area contributed by atoms with Gasteiger partial charge in [-0.1, -0.05) is 31.9 Å². The van der Waals surface area contributed by atoms with Crippen LogP contribution in [0.25, 0.3) is 11.0 Å². The lowest BCUT2D eigenvalue weighted by molar-refractivity contribution is 0.364. The van der Waals surface area contributed by atoms with Gasteiger partial charge in [-0.2, -0.15) is 0 Å². The zero-order valence-electron chi connectivity index (χ0n) is 10.8. The molecule has 0 spiro atoms. The first-order valence-corrected chi connectivity index (χ1v) is 7.33. The normalized spacial score (nSPS) is 23.9. The predicted molar refractivity (Wildman–Crippen MR) is 75.8 cm³/mol. The van der Waals surface area contributed by atoms with E-state index in [0.717, 1.165) is 29.7 Å². The van der Waals surface area contributed by atoms with Crippen LogP contribution in [0, 0.1) is 11.8 Å². The predicted octanol–water partition coefficient (Wildman–Crippen LogP) is 4.21. The molecule has 0 N–H and O–H groups in total. The number of para-hydroxylation sites is 2. The Hall–Kier alpha value is -1.02. The van der Waals surface area contributed by atoms with Gasteiger partial charge < -0.3 is 4.57 Å². The lowest BCUT2D eigenvalue weighted by Gasteiger charge is -2.17. The number of aromatic nitrogens is 2. The van der Waals surface area contributed by atoms with Crippen molar-refractivity contribution >= 4 is 22.6 Å². The molecule has 1 aromatic carbocycles. The maximum atomic E-state index is 6.04. The molecule has 1 aliphatic carbocycles. The first-order valence-electron chi connectivity index (χ1n) is 6.79. The fraction of sp³-hybridized carbons (Fsp3) is 0.533. The molecule has 2 atom stereocenters. The van der Waals surface area contributed by atoms with Crippen molar-refractivity contribution < 1.29 is 0 Å². The van der Waals surface area contributed by atoms with Gasteiger partial charge in [-0.25, -0.2) is 4.98 Å². The Morgan fingerprint density at radius 1 is 1.33 bits per heavy atom. The van der Waals surface area contributed by atoms with Crippen LogP contribution in [0.4, 0.5) is 0 Å².